The van der Waals surface area contributed by atoms with E-state index in [4.69, 9.17) is 3.32 Å². The topological polar surface area (TPSA) is 46.5 Å². The van der Waals surface area contributed by atoms with Gasteiger partial charge in [0, 0.05) is 0 Å². The van der Waals surface area contributed by atoms with Crippen molar-refractivity contribution in [3.63, 3.8) is 0 Å². The number of aliphatic hydroxyl groups excluding tert-OH is 1. The molecule has 1 atom stereocenters. The molecule has 0 aromatic heterocycles. The Labute approximate surface area is 132 Å². The minimum atomic E-state index is -4.95. The van der Waals surface area contributed by atoms with Crippen molar-refractivity contribution in [2.24, 2.45) is 0 Å². The zero-order valence-corrected chi connectivity index (χ0v) is 16.4. The normalized spacial score (nSPS) is 18.2. The third-order valence-electron chi connectivity index (χ3n) is 4.39. The molecule has 3 nitrogen and oxygen atoms in total. The van der Waals surface area contributed by atoms with Crippen LogP contribution in [0.2, 0.25) is 9.95 Å². The van der Waals surface area contributed by atoms with Gasteiger partial charge in [0.1, 0.15) is 0 Å². The van der Waals surface area contributed by atoms with E-state index in [1.165, 1.54) is 14.7 Å². The largest absolute Gasteiger partial charge is 0.147 e. The monoisotopic (exact) mass is 372 g/mol. The third kappa shape index (κ3) is 3.17. The molecule has 0 radical (unpaired) electrons. The van der Waals surface area contributed by atoms with Crippen molar-refractivity contribution >= 4 is 38.5 Å². The molecule has 7 heteroatoms. The summed E-state index contributed by atoms with van der Waals surface area (Å²) in [5.74, 6) is 0. The summed E-state index contributed by atoms with van der Waals surface area (Å²) in [6, 6.07) is 7.93. The van der Waals surface area contributed by atoms with E-state index < -0.39 is 13.1 Å². The summed E-state index contributed by atoms with van der Waals surface area (Å²) in [7, 11) is 2.98. The maximum atomic E-state index is 13.8. The summed E-state index contributed by atoms with van der Waals surface area (Å²) in [4.78, 5) is 0. The van der Waals surface area contributed by atoms with Crippen LogP contribution in [0.15, 0.2) is 30.3 Å². The number of allylic oxidation sites excluding steroid dienone is 1. The van der Waals surface area contributed by atoms with Gasteiger partial charge in [-0.15, -0.1) is 24.8 Å². The van der Waals surface area contributed by atoms with E-state index in [0.717, 1.165) is 11.1 Å². The summed E-state index contributed by atoms with van der Waals surface area (Å²) >= 11 is -4.95. The number of fused-ring (bicyclic) bond motifs is 1. The van der Waals surface area contributed by atoms with Gasteiger partial charge in [-0.2, -0.15) is 0 Å². The summed E-state index contributed by atoms with van der Waals surface area (Å²) < 4.78 is 19.4. The molecule has 1 aliphatic rings. The SMILES string of the molecule is C[O][Ti]([CH3])(=[O])(=[SiH2])([CH2]CO)[CH]1C=Cc2ccccc21.Cl.Cl. The van der Waals surface area contributed by atoms with Gasteiger partial charge in [0.2, 0.25) is 0 Å². The number of benzene rings is 1. The Kier molecular flexibility index (Phi) is 5.82. The van der Waals surface area contributed by atoms with Gasteiger partial charge < -0.3 is 0 Å². The van der Waals surface area contributed by atoms with Crippen LogP contribution >= 0.6 is 24.8 Å². The predicted molar refractivity (Wildman–Crippen MR) is 86.7 cm³/mol. The Morgan fingerprint density at radius 3 is 2.50 bits per heavy atom. The quantitative estimate of drug-likeness (QED) is 0.826. The van der Waals surface area contributed by atoms with Gasteiger partial charge in [-0.25, -0.2) is 0 Å². The zero-order chi connectivity index (χ0) is 13.5. The van der Waals surface area contributed by atoms with Crippen LogP contribution in [0.25, 0.3) is 6.08 Å². The van der Waals surface area contributed by atoms with Gasteiger partial charge in [-0.3, -0.25) is 0 Å². The molecule has 2 rings (SSSR count). The second-order valence-electron chi connectivity index (χ2n) is 6.10. The minimum absolute atomic E-state index is 0. The molecule has 0 amide bonds. The summed E-state index contributed by atoms with van der Waals surface area (Å²) in [6.45, 7) is -0.117. The molecule has 114 valence electrons. The van der Waals surface area contributed by atoms with Crippen LogP contribution in [-0.2, 0) is 19.8 Å². The number of aliphatic hydroxyl groups is 1. The van der Waals surface area contributed by atoms with Gasteiger partial charge in [-0.05, 0) is 0 Å². The van der Waals surface area contributed by atoms with E-state index in [9.17, 15) is 8.43 Å². The Balaban J connectivity index is 0.00000180. The molecule has 0 fully saturated rings. The van der Waals surface area contributed by atoms with Crippen molar-refractivity contribution in [2.45, 2.75) is 14.2 Å². The Morgan fingerprint density at radius 1 is 1.35 bits per heavy atom. The molecule has 0 bridgehead atoms. The van der Waals surface area contributed by atoms with Crippen LogP contribution in [0.4, 0.5) is 0 Å². The van der Waals surface area contributed by atoms with E-state index in [1.54, 1.807) is 5.23 Å². The van der Waals surface area contributed by atoms with E-state index in [0.29, 0.717) is 0 Å². The number of hydrogen-bond acceptors (Lipinski definition) is 3. The average molecular weight is 373 g/mol. The number of halogens is 2. The van der Waals surface area contributed by atoms with Crippen LogP contribution in [0.5, 0.6) is 0 Å². The molecule has 1 aliphatic carbocycles. The average Bonchev–Trinajstić information content (AvgIpc) is 2.74. The Bertz CT molecular complexity index is 689. The van der Waals surface area contributed by atoms with Crippen LogP contribution in [0.3, 0.4) is 0 Å². The summed E-state index contributed by atoms with van der Waals surface area (Å²) in [6.07, 6.45) is 3.96. The molecular formula is C13H22Cl2O3SiTi. The Hall–Kier alpha value is 0.191. The number of hydrogen-bond donors (Lipinski definition) is 1. The smallest absolute Gasteiger partial charge is 0.147 e. The Morgan fingerprint density at radius 2 is 1.95 bits per heavy atom. The second kappa shape index (κ2) is 5.76. The van der Waals surface area contributed by atoms with Crippen LogP contribution in [-0.4, -0.2) is 26.5 Å². The van der Waals surface area contributed by atoms with Crippen LogP contribution in [0, 0.1) is 0 Å². The van der Waals surface area contributed by atoms with Gasteiger partial charge in [0.15, 0.2) is 0 Å². The van der Waals surface area contributed by atoms with Gasteiger partial charge >= 0.3 is 108 Å². The molecule has 1 aromatic carbocycles. The van der Waals surface area contributed by atoms with Crippen molar-refractivity contribution in [1.82, 2.24) is 0 Å². The molecular weight excluding hydrogens is 351 g/mol. The van der Waals surface area contributed by atoms with Crippen molar-refractivity contribution in [2.75, 3.05) is 13.7 Å². The fraction of sp³-hybridized carbons (Fsp3) is 0.385. The fourth-order valence-corrected chi connectivity index (χ4v) is 10.3. The number of rotatable bonds is 4. The summed E-state index contributed by atoms with van der Waals surface area (Å²) in [5.41, 5.74) is 2.14. The second-order valence-corrected chi connectivity index (χ2v) is 26.8. The molecule has 0 aliphatic heterocycles. The molecule has 0 heterocycles. The van der Waals surface area contributed by atoms with E-state index >= 15 is 0 Å². The van der Waals surface area contributed by atoms with E-state index in [2.05, 4.69) is 0 Å². The molecule has 0 spiro atoms. The molecule has 1 unspecified atom stereocenters. The van der Waals surface area contributed by atoms with Crippen molar-refractivity contribution in [3.05, 3.63) is 41.5 Å². The zero-order valence-electron chi connectivity index (χ0n) is 11.7. The van der Waals surface area contributed by atoms with E-state index in [1.807, 2.05) is 36.4 Å². The van der Waals surface area contributed by atoms with Crippen molar-refractivity contribution < 1.29 is 24.9 Å². The maximum Gasteiger partial charge on any atom is -0.147 e. The molecule has 1 aromatic rings. The predicted octanol–water partition coefficient (Wildman–Crippen LogP) is 2.74. The molecule has 1 N–H and O–H groups in total. The maximum absolute atomic E-state index is 13.8. The first kappa shape index (κ1) is 20.2. The molecule has 0 saturated carbocycles. The van der Waals surface area contributed by atoms with Crippen LogP contribution < -0.4 is 0 Å². The standard InChI is InChI=1S/C9H7.C2H5O.CH3O.CH3.2ClH.O.H2Si.Ti/c1-2-5-9-7-3-6-8(9)4-1;1-2-3;1-2;;;;;;/h1-7H;3H,1-2H2;1H3;1H3;2*1H;;1H2;/q;;-1;;;;;;+1. The fourth-order valence-electron chi connectivity index (χ4n) is 2.79. The first-order valence-corrected chi connectivity index (χ1v) is 15.1. The first-order valence-electron chi connectivity index (χ1n) is 6.20. The first-order chi connectivity index (χ1) is 8.25. The van der Waals surface area contributed by atoms with E-state index in [-0.39, 0.29) is 40.4 Å². The minimum Gasteiger partial charge on any atom is -0.147 e. The summed E-state index contributed by atoms with van der Waals surface area (Å²) in [5, 5.41) is 11.1. The van der Waals surface area contributed by atoms with Crippen molar-refractivity contribution in [3.8, 4) is 0 Å². The van der Waals surface area contributed by atoms with Crippen LogP contribution in [0.1, 0.15) is 15.3 Å². The third-order valence-corrected chi connectivity index (χ3v) is 17.7. The van der Waals surface area contributed by atoms with Gasteiger partial charge in [0.25, 0.3) is 0 Å². The van der Waals surface area contributed by atoms with Gasteiger partial charge in [-0.1, -0.05) is 0 Å². The van der Waals surface area contributed by atoms with Crippen molar-refractivity contribution in [1.29, 1.82) is 0 Å². The van der Waals surface area contributed by atoms with Gasteiger partial charge in [0.05, 0.1) is 0 Å². The molecule has 20 heavy (non-hydrogen) atoms. The molecule has 0 saturated heterocycles.